The maximum Gasteiger partial charge on any atom is 0.416 e. The number of aromatic nitrogens is 5. The highest BCUT2D eigenvalue weighted by atomic mass is 32.2. The van der Waals surface area contributed by atoms with Gasteiger partial charge in [-0.1, -0.05) is 5.57 Å². The van der Waals surface area contributed by atoms with Crippen molar-refractivity contribution in [2.45, 2.75) is 37.8 Å². The van der Waals surface area contributed by atoms with Crippen LogP contribution in [0.4, 0.5) is 17.6 Å². The second-order valence-electron chi connectivity index (χ2n) is 10.1. The van der Waals surface area contributed by atoms with Crippen LogP contribution in [-0.2, 0) is 12.6 Å². The number of carbonyl (C=O) groups excluding carboxylic acids is 1. The van der Waals surface area contributed by atoms with Crippen LogP contribution in [0.5, 0.6) is 0 Å². The van der Waals surface area contributed by atoms with E-state index in [1.165, 1.54) is 24.1 Å². The van der Waals surface area contributed by atoms with Crippen LogP contribution in [0.15, 0.2) is 59.3 Å². The third-order valence-corrected chi connectivity index (χ3v) is 8.84. The highest BCUT2D eigenvalue weighted by molar-refractivity contribution is 7.97. The molecule has 0 spiro atoms. The van der Waals surface area contributed by atoms with Crippen molar-refractivity contribution in [2.24, 2.45) is 5.41 Å². The van der Waals surface area contributed by atoms with Gasteiger partial charge in [0.1, 0.15) is 11.5 Å². The summed E-state index contributed by atoms with van der Waals surface area (Å²) in [6, 6.07) is 7.64. The summed E-state index contributed by atoms with van der Waals surface area (Å²) in [7, 11) is 0. The predicted molar refractivity (Wildman–Crippen MR) is 141 cm³/mol. The average molecular weight is 569 g/mol. The summed E-state index contributed by atoms with van der Waals surface area (Å²) in [5.74, 6) is -0.828. The van der Waals surface area contributed by atoms with Crippen molar-refractivity contribution in [1.82, 2.24) is 29.3 Å². The van der Waals surface area contributed by atoms with Gasteiger partial charge < -0.3 is 0 Å². The molecule has 1 aromatic carbocycles. The van der Waals surface area contributed by atoms with Crippen LogP contribution in [0.1, 0.15) is 45.1 Å². The molecule has 1 fully saturated rings. The third-order valence-electron chi connectivity index (χ3n) is 7.49. The smallest absolute Gasteiger partial charge is 0.291 e. The number of ketones is 1. The van der Waals surface area contributed by atoms with Gasteiger partial charge >= 0.3 is 6.18 Å². The first-order valence-corrected chi connectivity index (χ1v) is 13.4. The molecule has 12 heteroatoms. The molecule has 6 rings (SSSR count). The van der Waals surface area contributed by atoms with Crippen LogP contribution < -0.4 is 0 Å². The van der Waals surface area contributed by atoms with Crippen LogP contribution in [-0.4, -0.2) is 48.1 Å². The topological polar surface area (TPSA) is 79.7 Å². The highest BCUT2D eigenvalue weighted by Gasteiger charge is 2.50. The summed E-state index contributed by atoms with van der Waals surface area (Å²) in [5, 5.41) is 11.7. The van der Waals surface area contributed by atoms with E-state index in [0.717, 1.165) is 51.4 Å². The van der Waals surface area contributed by atoms with Crippen LogP contribution in [0.3, 0.4) is 0 Å². The van der Waals surface area contributed by atoms with E-state index in [2.05, 4.69) is 24.6 Å². The summed E-state index contributed by atoms with van der Waals surface area (Å²) in [6.07, 6.45) is 0.766. The molecular weight excluding hydrogens is 544 g/mol. The van der Waals surface area contributed by atoms with Crippen LogP contribution >= 0.6 is 11.9 Å². The van der Waals surface area contributed by atoms with Gasteiger partial charge in [-0.15, -0.1) is 0 Å². The van der Waals surface area contributed by atoms with E-state index in [9.17, 15) is 22.4 Å². The minimum absolute atomic E-state index is 0.224. The molecule has 1 unspecified atom stereocenters. The number of nitrogens with zero attached hydrogens (tertiary/aromatic N) is 5. The van der Waals surface area contributed by atoms with Crippen molar-refractivity contribution in [2.75, 3.05) is 13.1 Å². The molecule has 1 aliphatic heterocycles. The molecular formula is C28H24F4N6OS. The molecule has 0 amide bonds. The molecule has 206 valence electrons. The highest BCUT2D eigenvalue weighted by Crippen LogP contribution is 2.48. The van der Waals surface area contributed by atoms with Gasteiger partial charge in [0, 0.05) is 25.0 Å². The lowest BCUT2D eigenvalue weighted by Crippen LogP contribution is -2.49. The number of Topliss-reactive ketones (excluding diaryl/α,β-unsaturated/α-hetero) is 1. The van der Waals surface area contributed by atoms with Gasteiger partial charge in [-0.3, -0.25) is 14.9 Å². The Balaban J connectivity index is 1.43. The fourth-order valence-corrected chi connectivity index (χ4v) is 6.55. The molecule has 1 N–H and O–H groups in total. The molecule has 0 saturated carbocycles. The first kappa shape index (κ1) is 26.5. The Kier molecular flexibility index (Phi) is 6.42. The second-order valence-corrected chi connectivity index (χ2v) is 11.2. The number of rotatable bonds is 5. The lowest BCUT2D eigenvalue weighted by molar-refractivity contribution is -0.137. The maximum atomic E-state index is 14.2. The Morgan fingerprint density at radius 2 is 1.93 bits per heavy atom. The maximum absolute atomic E-state index is 14.2. The van der Waals surface area contributed by atoms with Gasteiger partial charge in [0.05, 0.1) is 39.1 Å². The molecule has 1 aliphatic carbocycles. The van der Waals surface area contributed by atoms with Crippen molar-refractivity contribution in [1.29, 1.82) is 0 Å². The normalized spacial score (nSPS) is 19.2. The number of aromatic amines is 1. The predicted octanol–water partition coefficient (Wildman–Crippen LogP) is 5.99. The van der Waals surface area contributed by atoms with Crippen LogP contribution in [0, 0.1) is 25.1 Å². The second kappa shape index (κ2) is 9.70. The number of alkyl halides is 3. The van der Waals surface area contributed by atoms with Crippen molar-refractivity contribution >= 4 is 23.8 Å². The molecule has 40 heavy (non-hydrogen) atoms. The van der Waals surface area contributed by atoms with Gasteiger partial charge in [0.15, 0.2) is 5.78 Å². The van der Waals surface area contributed by atoms with Gasteiger partial charge in [0.25, 0.3) is 0 Å². The molecule has 0 bridgehead atoms. The number of halogens is 4. The summed E-state index contributed by atoms with van der Waals surface area (Å²) >= 11 is 1.49. The average Bonchev–Trinajstić information content (AvgIpc) is 3.48. The number of piperidine rings is 1. The zero-order chi connectivity index (χ0) is 28.2. The van der Waals surface area contributed by atoms with E-state index < -0.39 is 22.9 Å². The van der Waals surface area contributed by atoms with Crippen molar-refractivity contribution in [3.8, 4) is 5.69 Å². The number of benzene rings is 1. The van der Waals surface area contributed by atoms with E-state index in [0.29, 0.717) is 18.7 Å². The lowest BCUT2D eigenvalue weighted by Gasteiger charge is -2.44. The van der Waals surface area contributed by atoms with E-state index in [4.69, 9.17) is 0 Å². The number of nitrogens with one attached hydrogen (secondary N) is 1. The summed E-state index contributed by atoms with van der Waals surface area (Å²) < 4.78 is 57.9. The monoisotopic (exact) mass is 568 g/mol. The molecule has 3 aromatic heterocycles. The molecule has 4 aromatic rings. The quantitative estimate of drug-likeness (QED) is 0.181. The van der Waals surface area contributed by atoms with E-state index >= 15 is 0 Å². The van der Waals surface area contributed by atoms with E-state index in [-0.39, 0.29) is 24.5 Å². The molecule has 7 nitrogen and oxygen atoms in total. The Bertz CT molecular complexity index is 1620. The first-order valence-electron chi connectivity index (χ1n) is 12.6. The first-order chi connectivity index (χ1) is 19.0. The van der Waals surface area contributed by atoms with E-state index in [1.807, 2.05) is 19.9 Å². The van der Waals surface area contributed by atoms with Gasteiger partial charge in [-0.25, -0.2) is 13.4 Å². The minimum Gasteiger partial charge on any atom is -0.291 e. The number of hydrogen-bond donors (Lipinski definition) is 1. The minimum atomic E-state index is -4.60. The summed E-state index contributed by atoms with van der Waals surface area (Å²) in [6.45, 7) is 4.70. The zero-order valence-corrected chi connectivity index (χ0v) is 22.4. The number of fused-ring (bicyclic) bond motifs is 2. The Hall–Kier alpha value is -3.77. The van der Waals surface area contributed by atoms with Crippen LogP contribution in [0.25, 0.3) is 11.8 Å². The Morgan fingerprint density at radius 1 is 1.15 bits per heavy atom. The number of pyridine rings is 1. The van der Waals surface area contributed by atoms with Crippen molar-refractivity contribution < 1.29 is 22.4 Å². The number of carbonyl (C=O) groups is 1. The standard InChI is InChI=1S/C28H24F4N6OS/c1-16-25(17(2)36-35-16)40-37-10-8-19-12-24-18(14-34-38(24)22-5-3-21(29)4-6-22)13-27(19,15-37)26(39)23-11-20(7-9-33-23)28(30,31)32/h3-7,9,11-12,14H,8,10,13,15H2,1-2H3,(H,35,36). The number of H-pyrrole nitrogens is 1. The SMILES string of the molecule is Cc1n[nH]c(C)c1SN1CCC2=Cc3c(cnn3-c3ccc(F)cc3)CC2(C(=O)c2cc(C(F)(F)F)ccn2)C1. The van der Waals surface area contributed by atoms with E-state index in [1.54, 1.807) is 23.0 Å². The lowest BCUT2D eigenvalue weighted by atomic mass is 9.65. The fraction of sp³-hybridized carbons (Fsp3) is 0.286. The number of aryl methyl sites for hydroxylation is 2. The third kappa shape index (κ3) is 4.54. The van der Waals surface area contributed by atoms with Gasteiger partial charge in [0.2, 0.25) is 0 Å². The van der Waals surface area contributed by atoms with Crippen molar-refractivity contribution in [3.05, 3.63) is 94.1 Å². The zero-order valence-electron chi connectivity index (χ0n) is 21.6. The van der Waals surface area contributed by atoms with Crippen LogP contribution in [0.2, 0.25) is 0 Å². The van der Waals surface area contributed by atoms with Gasteiger partial charge in [-0.05, 0) is 86.7 Å². The fourth-order valence-electron chi connectivity index (χ4n) is 5.46. The summed E-state index contributed by atoms with van der Waals surface area (Å²) in [4.78, 5) is 19.3. The summed E-state index contributed by atoms with van der Waals surface area (Å²) in [5.41, 5.74) is 2.46. The largest absolute Gasteiger partial charge is 0.416 e. The molecule has 1 atom stereocenters. The Labute approximate surface area is 231 Å². The molecule has 4 heterocycles. The number of hydrogen-bond acceptors (Lipinski definition) is 6. The van der Waals surface area contributed by atoms with Crippen molar-refractivity contribution in [3.63, 3.8) is 0 Å². The Morgan fingerprint density at radius 3 is 2.62 bits per heavy atom. The molecule has 2 aliphatic rings. The molecule has 0 radical (unpaired) electrons. The van der Waals surface area contributed by atoms with Gasteiger partial charge in [-0.2, -0.15) is 23.4 Å². The molecule has 1 saturated heterocycles.